The summed E-state index contributed by atoms with van der Waals surface area (Å²) in [4.78, 5) is 15.1. The lowest BCUT2D eigenvalue weighted by molar-refractivity contribution is 0.541. The predicted octanol–water partition coefficient (Wildman–Crippen LogP) is 2.14. The minimum absolute atomic E-state index is 0.155. The second-order valence-electron chi connectivity index (χ2n) is 4.28. The van der Waals surface area contributed by atoms with Crippen LogP contribution in [0.4, 0.5) is 0 Å². The summed E-state index contributed by atoms with van der Waals surface area (Å²) in [6.07, 6.45) is 3.58. The monoisotopic (exact) mass is 241 g/mol. The highest BCUT2D eigenvalue weighted by Crippen LogP contribution is 2.15. The Morgan fingerprint density at radius 1 is 1.33 bits per heavy atom. The van der Waals surface area contributed by atoms with Crippen LogP contribution in [0.3, 0.4) is 0 Å². The molecule has 0 saturated carbocycles. The zero-order valence-electron chi connectivity index (χ0n) is 10.1. The summed E-state index contributed by atoms with van der Waals surface area (Å²) in [5.74, 6) is 1.88. The van der Waals surface area contributed by atoms with Gasteiger partial charge in [0.25, 0.3) is 0 Å². The van der Waals surface area contributed by atoms with Crippen molar-refractivity contribution in [3.63, 3.8) is 0 Å². The van der Waals surface area contributed by atoms with E-state index in [1.165, 1.54) is 0 Å². The maximum Gasteiger partial charge on any atom is 0.124 e. The first-order valence-electron chi connectivity index (χ1n) is 5.99. The number of aromatic amines is 2. The Bertz CT molecular complexity index is 593. The van der Waals surface area contributed by atoms with Crippen LogP contribution in [-0.2, 0) is 6.54 Å². The van der Waals surface area contributed by atoms with Crippen molar-refractivity contribution >= 4 is 11.0 Å². The van der Waals surface area contributed by atoms with E-state index in [2.05, 4.69) is 32.2 Å². The molecule has 0 radical (unpaired) electrons. The lowest BCUT2D eigenvalue weighted by atomic mass is 10.3. The van der Waals surface area contributed by atoms with E-state index in [9.17, 15) is 0 Å². The van der Waals surface area contributed by atoms with Crippen molar-refractivity contribution < 1.29 is 0 Å². The smallest absolute Gasteiger partial charge is 0.124 e. The molecule has 5 heteroatoms. The zero-order valence-corrected chi connectivity index (χ0v) is 10.1. The van der Waals surface area contributed by atoms with Crippen LogP contribution < -0.4 is 5.32 Å². The van der Waals surface area contributed by atoms with Crippen molar-refractivity contribution in [1.29, 1.82) is 0 Å². The third-order valence-electron chi connectivity index (χ3n) is 2.95. The molecule has 0 saturated heterocycles. The number of benzene rings is 1. The number of hydrogen-bond donors (Lipinski definition) is 3. The van der Waals surface area contributed by atoms with Crippen molar-refractivity contribution in [2.75, 3.05) is 0 Å². The van der Waals surface area contributed by atoms with Gasteiger partial charge in [-0.3, -0.25) is 0 Å². The van der Waals surface area contributed by atoms with Crippen LogP contribution in [0.25, 0.3) is 11.0 Å². The molecular formula is C13H15N5. The van der Waals surface area contributed by atoms with Crippen LogP contribution in [0, 0.1) is 0 Å². The van der Waals surface area contributed by atoms with Gasteiger partial charge in [0.15, 0.2) is 0 Å². The number of para-hydroxylation sites is 2. The van der Waals surface area contributed by atoms with Crippen LogP contribution in [-0.4, -0.2) is 19.9 Å². The van der Waals surface area contributed by atoms with Gasteiger partial charge >= 0.3 is 0 Å². The molecule has 5 nitrogen and oxygen atoms in total. The van der Waals surface area contributed by atoms with Gasteiger partial charge in [0.2, 0.25) is 0 Å². The summed E-state index contributed by atoms with van der Waals surface area (Å²) in [7, 11) is 0. The second kappa shape index (κ2) is 4.62. The van der Waals surface area contributed by atoms with Gasteiger partial charge in [0, 0.05) is 12.4 Å². The highest BCUT2D eigenvalue weighted by Gasteiger charge is 2.10. The molecule has 0 fully saturated rings. The van der Waals surface area contributed by atoms with E-state index in [1.54, 1.807) is 6.20 Å². The lowest BCUT2D eigenvalue weighted by Gasteiger charge is -2.09. The normalized spacial score (nSPS) is 12.9. The molecule has 0 bridgehead atoms. The third kappa shape index (κ3) is 2.12. The molecule has 0 spiro atoms. The van der Waals surface area contributed by atoms with Crippen molar-refractivity contribution in [2.24, 2.45) is 0 Å². The van der Waals surface area contributed by atoms with Crippen LogP contribution >= 0.6 is 0 Å². The number of imidazole rings is 2. The standard InChI is InChI=1S/C13H15N5/c1-9(16-8-12-14-6-7-15-12)13-17-10-4-2-3-5-11(10)18-13/h2-7,9,16H,8H2,1H3,(H,14,15)(H,17,18). The fourth-order valence-corrected chi connectivity index (χ4v) is 1.92. The Morgan fingerprint density at radius 2 is 2.22 bits per heavy atom. The molecule has 92 valence electrons. The molecular weight excluding hydrogens is 226 g/mol. The van der Waals surface area contributed by atoms with Crippen molar-refractivity contribution in [3.8, 4) is 0 Å². The summed E-state index contributed by atoms with van der Waals surface area (Å²) in [5.41, 5.74) is 2.07. The number of nitrogens with one attached hydrogen (secondary N) is 3. The van der Waals surface area contributed by atoms with Crippen LogP contribution in [0.5, 0.6) is 0 Å². The molecule has 3 rings (SSSR count). The molecule has 0 aliphatic carbocycles. The van der Waals surface area contributed by atoms with Gasteiger partial charge in [0.05, 0.1) is 23.6 Å². The first-order chi connectivity index (χ1) is 8.83. The number of fused-ring (bicyclic) bond motifs is 1. The fraction of sp³-hybridized carbons (Fsp3) is 0.231. The van der Waals surface area contributed by atoms with Gasteiger partial charge in [-0.25, -0.2) is 9.97 Å². The van der Waals surface area contributed by atoms with Crippen LogP contribution in [0.15, 0.2) is 36.7 Å². The third-order valence-corrected chi connectivity index (χ3v) is 2.95. The van der Waals surface area contributed by atoms with E-state index >= 15 is 0 Å². The molecule has 2 aromatic heterocycles. The van der Waals surface area contributed by atoms with E-state index in [1.807, 2.05) is 30.5 Å². The molecule has 3 N–H and O–H groups in total. The van der Waals surface area contributed by atoms with Gasteiger partial charge < -0.3 is 15.3 Å². The molecule has 0 amide bonds. The Labute approximate surface area is 105 Å². The Balaban J connectivity index is 1.73. The second-order valence-corrected chi connectivity index (χ2v) is 4.28. The summed E-state index contributed by atoms with van der Waals surface area (Å²) in [5, 5.41) is 3.37. The number of rotatable bonds is 4. The van der Waals surface area contributed by atoms with Gasteiger partial charge in [-0.2, -0.15) is 0 Å². The maximum atomic E-state index is 4.56. The first-order valence-corrected chi connectivity index (χ1v) is 5.99. The van der Waals surface area contributed by atoms with Crippen molar-refractivity contribution in [2.45, 2.75) is 19.5 Å². The minimum Gasteiger partial charge on any atom is -0.348 e. The molecule has 1 atom stereocenters. The zero-order chi connectivity index (χ0) is 12.4. The Kier molecular flexibility index (Phi) is 2.82. The van der Waals surface area contributed by atoms with E-state index in [4.69, 9.17) is 0 Å². The van der Waals surface area contributed by atoms with Crippen LogP contribution in [0.1, 0.15) is 24.6 Å². The lowest BCUT2D eigenvalue weighted by Crippen LogP contribution is -2.19. The minimum atomic E-state index is 0.155. The Morgan fingerprint density at radius 3 is 3.00 bits per heavy atom. The summed E-state index contributed by atoms with van der Waals surface area (Å²) in [6, 6.07) is 8.20. The maximum absolute atomic E-state index is 4.56. The molecule has 1 unspecified atom stereocenters. The van der Waals surface area contributed by atoms with Gasteiger partial charge in [-0.15, -0.1) is 0 Å². The van der Waals surface area contributed by atoms with E-state index < -0.39 is 0 Å². The molecule has 2 heterocycles. The quantitative estimate of drug-likeness (QED) is 0.655. The molecule has 3 aromatic rings. The highest BCUT2D eigenvalue weighted by molar-refractivity contribution is 5.74. The highest BCUT2D eigenvalue weighted by atomic mass is 15.0. The average Bonchev–Trinajstić information content (AvgIpc) is 3.04. The van der Waals surface area contributed by atoms with Gasteiger partial charge in [-0.1, -0.05) is 12.1 Å². The summed E-state index contributed by atoms with van der Waals surface area (Å²) < 4.78 is 0. The summed E-state index contributed by atoms with van der Waals surface area (Å²) >= 11 is 0. The predicted molar refractivity (Wildman–Crippen MR) is 69.9 cm³/mol. The Hall–Kier alpha value is -2.14. The van der Waals surface area contributed by atoms with E-state index in [0.717, 1.165) is 22.7 Å². The van der Waals surface area contributed by atoms with Gasteiger partial charge in [0.1, 0.15) is 11.6 Å². The fourth-order valence-electron chi connectivity index (χ4n) is 1.92. The largest absolute Gasteiger partial charge is 0.348 e. The SMILES string of the molecule is CC(NCc1ncc[nH]1)c1nc2ccccc2[nH]1. The number of aromatic nitrogens is 4. The number of hydrogen-bond acceptors (Lipinski definition) is 3. The molecule has 0 aliphatic rings. The van der Waals surface area contributed by atoms with E-state index in [0.29, 0.717) is 6.54 Å². The number of nitrogens with zero attached hydrogens (tertiary/aromatic N) is 2. The van der Waals surface area contributed by atoms with Crippen LogP contribution in [0.2, 0.25) is 0 Å². The number of H-pyrrole nitrogens is 2. The van der Waals surface area contributed by atoms with E-state index in [-0.39, 0.29) is 6.04 Å². The summed E-state index contributed by atoms with van der Waals surface area (Å²) in [6.45, 7) is 2.78. The average molecular weight is 241 g/mol. The molecule has 18 heavy (non-hydrogen) atoms. The van der Waals surface area contributed by atoms with Crippen molar-refractivity contribution in [3.05, 3.63) is 48.3 Å². The molecule has 0 aliphatic heterocycles. The van der Waals surface area contributed by atoms with Crippen molar-refractivity contribution in [1.82, 2.24) is 25.3 Å². The topological polar surface area (TPSA) is 69.4 Å². The van der Waals surface area contributed by atoms with Gasteiger partial charge in [-0.05, 0) is 19.1 Å². The molecule has 1 aromatic carbocycles. The first kappa shape index (κ1) is 11.0.